The molecule has 4 N–H and O–H groups in total. The average molecular weight is 439 g/mol. The van der Waals surface area contributed by atoms with Crippen LogP contribution in [0.1, 0.15) is 34.7 Å². The highest BCUT2D eigenvalue weighted by Gasteiger charge is 2.55. The van der Waals surface area contributed by atoms with Crippen molar-refractivity contribution < 1.29 is 31.4 Å². The second-order valence-corrected chi connectivity index (χ2v) is 7.43. The van der Waals surface area contributed by atoms with E-state index in [2.05, 4.69) is 5.32 Å². The Morgan fingerprint density at radius 3 is 2.31 bits per heavy atom. The van der Waals surface area contributed by atoms with Crippen molar-refractivity contribution in [2.45, 2.75) is 36.8 Å². The van der Waals surface area contributed by atoms with Crippen molar-refractivity contribution in [1.29, 1.82) is 0 Å². The fourth-order valence-corrected chi connectivity index (χ4v) is 3.58. The normalized spacial score (nSPS) is 19.0. The molecule has 2 aromatic rings. The van der Waals surface area contributed by atoms with Crippen LogP contribution in [-0.2, 0) is 18.2 Å². The van der Waals surface area contributed by atoms with Crippen LogP contribution < -0.4 is 11.1 Å². The third-order valence-electron chi connectivity index (χ3n) is 4.99. The lowest BCUT2D eigenvalue weighted by atomic mass is 9.91. The van der Waals surface area contributed by atoms with E-state index in [1.807, 2.05) is 0 Å². The van der Waals surface area contributed by atoms with Crippen molar-refractivity contribution in [2.24, 2.45) is 5.73 Å². The Morgan fingerprint density at radius 1 is 1.03 bits per heavy atom. The number of anilines is 1. The second-order valence-electron chi connectivity index (χ2n) is 7.00. The van der Waals surface area contributed by atoms with Gasteiger partial charge in [0.1, 0.15) is 0 Å². The van der Waals surface area contributed by atoms with E-state index >= 15 is 0 Å². The molecule has 1 aliphatic rings. The molecular weight excluding hydrogens is 422 g/mol. The highest BCUT2D eigenvalue weighted by molar-refractivity contribution is 6.30. The summed E-state index contributed by atoms with van der Waals surface area (Å²) in [6.07, 6.45) is -8.79. The number of hydrogen-bond acceptors (Lipinski definition) is 3. The Balaban J connectivity index is 1.94. The zero-order valence-electron chi connectivity index (χ0n) is 14.8. The largest absolute Gasteiger partial charge is 0.423 e. The SMILES string of the molecule is N[C@@H]1CCc2cc(NC[C@@](O)(c3cc(Cl)cc(C(F)(F)F)c3)C(F)(F)F)ccc21. The van der Waals surface area contributed by atoms with Crippen LogP contribution in [0.3, 0.4) is 0 Å². The van der Waals surface area contributed by atoms with Gasteiger partial charge in [-0.05, 0) is 59.9 Å². The number of aliphatic hydroxyl groups is 1. The van der Waals surface area contributed by atoms with Gasteiger partial charge in [0.2, 0.25) is 5.60 Å². The maximum Gasteiger partial charge on any atom is 0.423 e. The zero-order valence-corrected chi connectivity index (χ0v) is 15.6. The van der Waals surface area contributed by atoms with Gasteiger partial charge in [-0.1, -0.05) is 17.7 Å². The van der Waals surface area contributed by atoms with Gasteiger partial charge in [0.25, 0.3) is 0 Å². The lowest BCUT2D eigenvalue weighted by Gasteiger charge is -2.32. The van der Waals surface area contributed by atoms with E-state index in [9.17, 15) is 31.4 Å². The predicted octanol–water partition coefficient (Wildman–Crippen LogP) is 5.17. The summed E-state index contributed by atoms with van der Waals surface area (Å²) in [6.45, 7) is -1.10. The zero-order chi connectivity index (χ0) is 21.6. The summed E-state index contributed by atoms with van der Waals surface area (Å²) in [6, 6.07) is 6.11. The minimum Gasteiger partial charge on any atom is -0.381 e. The first-order valence-electron chi connectivity index (χ1n) is 8.61. The Hall–Kier alpha value is -1.97. The van der Waals surface area contributed by atoms with E-state index in [0.717, 1.165) is 11.1 Å². The van der Waals surface area contributed by atoms with Gasteiger partial charge in [0, 0.05) is 16.8 Å². The summed E-state index contributed by atoms with van der Waals surface area (Å²) < 4.78 is 80.1. The average Bonchev–Trinajstić information content (AvgIpc) is 2.98. The number of alkyl halides is 6. The first kappa shape index (κ1) is 21.7. The number of aryl methyl sites for hydroxylation is 1. The molecule has 0 spiro atoms. The van der Waals surface area contributed by atoms with Gasteiger partial charge in [0.05, 0.1) is 12.1 Å². The van der Waals surface area contributed by atoms with Crippen LogP contribution >= 0.6 is 11.6 Å². The van der Waals surface area contributed by atoms with Gasteiger partial charge in [-0.2, -0.15) is 26.3 Å². The fraction of sp³-hybridized carbons (Fsp3) is 0.368. The Kier molecular flexibility index (Phi) is 5.53. The smallest absolute Gasteiger partial charge is 0.381 e. The van der Waals surface area contributed by atoms with E-state index < -0.39 is 40.6 Å². The first-order valence-corrected chi connectivity index (χ1v) is 8.99. The van der Waals surface area contributed by atoms with Crippen LogP contribution in [-0.4, -0.2) is 17.8 Å². The van der Waals surface area contributed by atoms with Gasteiger partial charge in [-0.3, -0.25) is 0 Å². The molecule has 2 aromatic carbocycles. The molecule has 0 saturated heterocycles. The molecule has 0 aliphatic heterocycles. The highest BCUT2D eigenvalue weighted by atomic mass is 35.5. The Bertz CT molecular complexity index is 915. The third-order valence-corrected chi connectivity index (χ3v) is 5.21. The van der Waals surface area contributed by atoms with Crippen molar-refractivity contribution in [1.82, 2.24) is 0 Å². The molecule has 2 atom stereocenters. The Morgan fingerprint density at radius 2 is 1.69 bits per heavy atom. The molecular formula is C19H17ClF6N2O. The van der Waals surface area contributed by atoms with E-state index in [1.165, 1.54) is 6.07 Å². The van der Waals surface area contributed by atoms with Crippen LogP contribution in [0.15, 0.2) is 36.4 Å². The van der Waals surface area contributed by atoms with E-state index in [0.29, 0.717) is 30.7 Å². The molecule has 0 radical (unpaired) electrons. The lowest BCUT2D eigenvalue weighted by Crippen LogP contribution is -2.48. The molecule has 0 aromatic heterocycles. The number of hydrogen-bond donors (Lipinski definition) is 3. The predicted molar refractivity (Wildman–Crippen MR) is 96.6 cm³/mol. The molecule has 10 heteroatoms. The minimum absolute atomic E-state index is 0.140. The minimum atomic E-state index is -5.26. The van der Waals surface area contributed by atoms with Gasteiger partial charge in [0.15, 0.2) is 0 Å². The van der Waals surface area contributed by atoms with Crippen molar-refractivity contribution >= 4 is 17.3 Å². The highest BCUT2D eigenvalue weighted by Crippen LogP contribution is 2.42. The Labute approximate surface area is 167 Å². The molecule has 0 saturated carbocycles. The van der Waals surface area contributed by atoms with Gasteiger partial charge in [-0.25, -0.2) is 0 Å². The van der Waals surface area contributed by atoms with Crippen molar-refractivity contribution in [3.63, 3.8) is 0 Å². The maximum absolute atomic E-state index is 13.7. The molecule has 0 amide bonds. The molecule has 3 nitrogen and oxygen atoms in total. The molecule has 0 unspecified atom stereocenters. The molecule has 29 heavy (non-hydrogen) atoms. The van der Waals surface area contributed by atoms with E-state index in [4.69, 9.17) is 17.3 Å². The summed E-state index contributed by atoms with van der Waals surface area (Å²) in [5.74, 6) is 0. The summed E-state index contributed by atoms with van der Waals surface area (Å²) in [4.78, 5) is 0. The third kappa shape index (κ3) is 4.31. The van der Waals surface area contributed by atoms with E-state index in [1.54, 1.807) is 12.1 Å². The van der Waals surface area contributed by atoms with Crippen molar-refractivity contribution in [2.75, 3.05) is 11.9 Å². The number of nitrogens with two attached hydrogens (primary N) is 1. The first-order chi connectivity index (χ1) is 13.3. The van der Waals surface area contributed by atoms with Crippen LogP contribution in [0.2, 0.25) is 5.02 Å². The molecule has 0 heterocycles. The second kappa shape index (κ2) is 7.37. The monoisotopic (exact) mass is 438 g/mol. The molecule has 0 fully saturated rings. The van der Waals surface area contributed by atoms with Gasteiger partial charge < -0.3 is 16.2 Å². The molecule has 1 aliphatic carbocycles. The van der Waals surface area contributed by atoms with Crippen molar-refractivity contribution in [3.05, 3.63) is 63.7 Å². The summed E-state index contributed by atoms with van der Waals surface area (Å²) in [5, 5.41) is 12.3. The van der Waals surface area contributed by atoms with Crippen LogP contribution in [0.25, 0.3) is 0 Å². The summed E-state index contributed by atoms with van der Waals surface area (Å²) >= 11 is 5.60. The lowest BCUT2D eigenvalue weighted by molar-refractivity contribution is -0.260. The van der Waals surface area contributed by atoms with E-state index in [-0.39, 0.29) is 12.1 Å². The number of fused-ring (bicyclic) bond motifs is 1. The maximum atomic E-state index is 13.7. The quantitative estimate of drug-likeness (QED) is 0.577. The van der Waals surface area contributed by atoms with Crippen LogP contribution in [0.5, 0.6) is 0 Å². The van der Waals surface area contributed by atoms with Gasteiger partial charge >= 0.3 is 12.4 Å². The number of halogens is 7. The number of nitrogens with one attached hydrogen (secondary N) is 1. The molecule has 158 valence electrons. The summed E-state index contributed by atoms with van der Waals surface area (Å²) in [7, 11) is 0. The topological polar surface area (TPSA) is 58.3 Å². The molecule has 3 rings (SSSR count). The van der Waals surface area contributed by atoms with Gasteiger partial charge in [-0.15, -0.1) is 0 Å². The standard InChI is InChI=1S/C19H17ClF6N2O/c20-13-7-11(6-12(8-13)18(21,22)23)17(29,19(24,25)26)9-28-14-2-3-15-10(5-14)1-4-16(15)27/h2-3,5-8,16,28-29H,1,4,9,27H2/t16-,17-/m1/s1. The fourth-order valence-electron chi connectivity index (χ4n) is 3.35. The number of benzene rings is 2. The van der Waals surface area contributed by atoms with Crippen LogP contribution in [0, 0.1) is 0 Å². The molecule has 0 bridgehead atoms. The van der Waals surface area contributed by atoms with Crippen LogP contribution in [0.4, 0.5) is 32.0 Å². The van der Waals surface area contributed by atoms with Crippen molar-refractivity contribution in [3.8, 4) is 0 Å². The summed E-state index contributed by atoms with van der Waals surface area (Å²) in [5.41, 5.74) is 2.01. The number of rotatable bonds is 4.